The smallest absolute Gasteiger partial charge is 0.295 e. The summed E-state index contributed by atoms with van der Waals surface area (Å²) in [6.07, 6.45) is 2.37. The number of halogens is 1. The second-order valence-electron chi connectivity index (χ2n) is 8.83. The first kappa shape index (κ1) is 23.2. The standard InChI is InChI=1S/C26H27FN4O4/c1-17-22(30-10-3-2-8-20(30)28-17)24(32)21-23(18-6-4-7-19(27)16-18)31(26(34)25(21)33)11-5-9-29-12-14-35-15-13-29/h2-4,6-8,10,16,23,32H,5,9,11-15H2,1H3/b24-21-. The first-order chi connectivity index (χ1) is 17.0. The number of likely N-dealkylation sites (tertiary alicyclic amines) is 1. The molecule has 1 amide bonds. The van der Waals surface area contributed by atoms with Crippen LogP contribution in [0.4, 0.5) is 4.39 Å². The summed E-state index contributed by atoms with van der Waals surface area (Å²) < 4.78 is 21.3. The largest absolute Gasteiger partial charge is 0.505 e. The van der Waals surface area contributed by atoms with Crippen molar-refractivity contribution in [3.63, 3.8) is 0 Å². The Kier molecular flexibility index (Phi) is 6.36. The van der Waals surface area contributed by atoms with Gasteiger partial charge in [-0.3, -0.25) is 18.9 Å². The van der Waals surface area contributed by atoms with E-state index in [1.54, 1.807) is 35.7 Å². The van der Waals surface area contributed by atoms with Gasteiger partial charge in [-0.25, -0.2) is 9.37 Å². The third kappa shape index (κ3) is 4.33. The minimum Gasteiger partial charge on any atom is -0.505 e. The van der Waals surface area contributed by atoms with E-state index in [2.05, 4.69) is 9.88 Å². The minimum absolute atomic E-state index is 0.0549. The number of aliphatic hydroxyl groups excluding tert-OH is 1. The number of carbonyl (C=O) groups is 2. The summed E-state index contributed by atoms with van der Waals surface area (Å²) in [5, 5.41) is 11.4. The van der Waals surface area contributed by atoms with Crippen LogP contribution in [0, 0.1) is 12.7 Å². The summed E-state index contributed by atoms with van der Waals surface area (Å²) in [5.41, 5.74) is 1.84. The molecule has 3 aromatic rings. The van der Waals surface area contributed by atoms with Crippen LogP contribution in [0.2, 0.25) is 0 Å². The van der Waals surface area contributed by atoms with Gasteiger partial charge in [0.1, 0.15) is 17.2 Å². The van der Waals surface area contributed by atoms with E-state index >= 15 is 0 Å². The number of Topliss-reactive ketones (excluding diaryl/α,β-unsaturated/α-hetero) is 1. The third-order valence-electron chi connectivity index (χ3n) is 6.61. The summed E-state index contributed by atoms with van der Waals surface area (Å²) in [6.45, 7) is 5.76. The zero-order valence-electron chi connectivity index (χ0n) is 19.5. The van der Waals surface area contributed by atoms with E-state index in [0.29, 0.717) is 48.8 Å². The molecule has 2 aliphatic heterocycles. The molecule has 8 nitrogen and oxygen atoms in total. The van der Waals surface area contributed by atoms with Crippen LogP contribution in [0.3, 0.4) is 0 Å². The highest BCUT2D eigenvalue weighted by Crippen LogP contribution is 2.40. The van der Waals surface area contributed by atoms with Crippen molar-refractivity contribution in [1.29, 1.82) is 0 Å². The van der Waals surface area contributed by atoms with Crippen LogP contribution in [0.25, 0.3) is 11.4 Å². The number of pyridine rings is 1. The summed E-state index contributed by atoms with van der Waals surface area (Å²) in [6, 6.07) is 10.3. The third-order valence-corrected chi connectivity index (χ3v) is 6.61. The van der Waals surface area contributed by atoms with E-state index in [1.807, 2.05) is 6.07 Å². The first-order valence-electron chi connectivity index (χ1n) is 11.7. The van der Waals surface area contributed by atoms with Gasteiger partial charge in [-0.2, -0.15) is 0 Å². The zero-order chi connectivity index (χ0) is 24.5. The SMILES string of the molecule is Cc1nc2ccccn2c1/C(O)=C1/C(=O)C(=O)N(CCCN2CCOCC2)C1c1cccc(F)c1. The molecule has 0 aliphatic carbocycles. The average Bonchev–Trinajstić information content (AvgIpc) is 3.32. The monoisotopic (exact) mass is 478 g/mol. The van der Waals surface area contributed by atoms with E-state index in [4.69, 9.17) is 4.74 Å². The van der Waals surface area contributed by atoms with Crippen LogP contribution in [0.1, 0.15) is 29.4 Å². The Morgan fingerprint density at radius 2 is 1.94 bits per heavy atom. The highest BCUT2D eigenvalue weighted by molar-refractivity contribution is 6.46. The second kappa shape index (κ2) is 9.59. The Balaban J connectivity index is 1.55. The van der Waals surface area contributed by atoms with Gasteiger partial charge < -0.3 is 14.7 Å². The maximum Gasteiger partial charge on any atom is 0.295 e. The fraction of sp³-hybridized carbons (Fsp3) is 0.346. The number of carbonyl (C=O) groups excluding carboxylic acids is 2. The molecule has 1 aromatic carbocycles. The predicted octanol–water partition coefficient (Wildman–Crippen LogP) is 2.93. The molecule has 182 valence electrons. The molecule has 1 N–H and O–H groups in total. The highest BCUT2D eigenvalue weighted by atomic mass is 19.1. The number of benzene rings is 1. The molecule has 1 atom stereocenters. The molecule has 2 saturated heterocycles. The van der Waals surface area contributed by atoms with Gasteiger partial charge in [0, 0.05) is 32.4 Å². The molecule has 9 heteroatoms. The molecule has 35 heavy (non-hydrogen) atoms. The van der Waals surface area contributed by atoms with E-state index in [9.17, 15) is 19.1 Å². The van der Waals surface area contributed by atoms with Gasteiger partial charge in [0.15, 0.2) is 5.76 Å². The van der Waals surface area contributed by atoms with Crippen molar-refractivity contribution >= 4 is 23.1 Å². The predicted molar refractivity (Wildman–Crippen MR) is 127 cm³/mol. The highest BCUT2D eigenvalue weighted by Gasteiger charge is 2.46. The fourth-order valence-electron chi connectivity index (χ4n) is 4.95. The van der Waals surface area contributed by atoms with Gasteiger partial charge in [-0.05, 0) is 43.2 Å². The molecule has 1 unspecified atom stereocenters. The van der Waals surface area contributed by atoms with E-state index in [0.717, 1.165) is 19.6 Å². The van der Waals surface area contributed by atoms with Crippen molar-refractivity contribution in [3.05, 3.63) is 77.0 Å². The number of hydrogen-bond donors (Lipinski definition) is 1. The van der Waals surface area contributed by atoms with Crippen molar-refractivity contribution in [2.45, 2.75) is 19.4 Å². The van der Waals surface area contributed by atoms with Crippen molar-refractivity contribution in [1.82, 2.24) is 19.2 Å². The molecule has 4 heterocycles. The Morgan fingerprint density at radius 1 is 1.14 bits per heavy atom. The van der Waals surface area contributed by atoms with Gasteiger partial charge in [0.25, 0.3) is 11.7 Å². The van der Waals surface area contributed by atoms with Crippen LogP contribution < -0.4 is 0 Å². The lowest BCUT2D eigenvalue weighted by atomic mass is 9.96. The van der Waals surface area contributed by atoms with Crippen molar-refractivity contribution < 1.29 is 23.8 Å². The maximum absolute atomic E-state index is 14.2. The number of aromatic nitrogens is 2. The molecule has 0 spiro atoms. The average molecular weight is 479 g/mol. The molecule has 0 bridgehead atoms. The van der Waals surface area contributed by atoms with Crippen LogP contribution in [-0.2, 0) is 14.3 Å². The number of aryl methyl sites for hydroxylation is 1. The van der Waals surface area contributed by atoms with E-state index in [-0.39, 0.29) is 11.3 Å². The molecule has 5 rings (SSSR count). The van der Waals surface area contributed by atoms with Gasteiger partial charge >= 0.3 is 0 Å². The lowest BCUT2D eigenvalue weighted by molar-refractivity contribution is -0.140. The quantitative estimate of drug-likeness (QED) is 0.333. The number of aliphatic hydroxyl groups is 1. The van der Waals surface area contributed by atoms with Crippen molar-refractivity contribution in [3.8, 4) is 0 Å². The Bertz CT molecular complexity index is 1310. The Hall–Kier alpha value is -3.56. The Morgan fingerprint density at radius 3 is 2.71 bits per heavy atom. The van der Waals surface area contributed by atoms with Crippen LogP contribution in [0.5, 0.6) is 0 Å². The summed E-state index contributed by atoms with van der Waals surface area (Å²) >= 11 is 0. The van der Waals surface area contributed by atoms with Gasteiger partial charge in [0.2, 0.25) is 0 Å². The minimum atomic E-state index is -0.899. The Labute approximate surface area is 202 Å². The molecular weight excluding hydrogens is 451 g/mol. The molecule has 0 saturated carbocycles. The normalized spacial score (nSPS) is 20.7. The molecule has 2 aliphatic rings. The molecular formula is C26H27FN4O4. The number of ether oxygens (including phenoxy) is 1. The number of amides is 1. The van der Waals surface area contributed by atoms with Gasteiger partial charge in [0.05, 0.1) is 30.5 Å². The van der Waals surface area contributed by atoms with Gasteiger partial charge in [-0.15, -0.1) is 0 Å². The van der Waals surface area contributed by atoms with E-state index in [1.165, 1.54) is 23.1 Å². The second-order valence-corrected chi connectivity index (χ2v) is 8.83. The van der Waals surface area contributed by atoms with E-state index < -0.39 is 23.5 Å². The number of morpholine rings is 1. The van der Waals surface area contributed by atoms with Crippen LogP contribution in [-0.4, -0.2) is 75.4 Å². The lowest BCUT2D eigenvalue weighted by Gasteiger charge is -2.29. The summed E-state index contributed by atoms with van der Waals surface area (Å²) in [5.74, 6) is -2.28. The lowest BCUT2D eigenvalue weighted by Crippen LogP contribution is -2.39. The number of hydrogen-bond acceptors (Lipinski definition) is 6. The summed E-state index contributed by atoms with van der Waals surface area (Å²) in [4.78, 5) is 34.6. The van der Waals surface area contributed by atoms with Crippen LogP contribution in [0.15, 0.2) is 54.2 Å². The zero-order valence-corrected chi connectivity index (χ0v) is 19.5. The molecule has 2 aromatic heterocycles. The number of imidazole rings is 1. The maximum atomic E-state index is 14.2. The first-order valence-corrected chi connectivity index (χ1v) is 11.7. The number of fused-ring (bicyclic) bond motifs is 1. The number of ketones is 1. The topological polar surface area (TPSA) is 87.4 Å². The van der Waals surface area contributed by atoms with Gasteiger partial charge in [-0.1, -0.05) is 18.2 Å². The number of nitrogens with zero attached hydrogens (tertiary/aromatic N) is 4. The molecule has 2 fully saturated rings. The fourth-order valence-corrected chi connectivity index (χ4v) is 4.95. The number of rotatable bonds is 6. The molecule has 0 radical (unpaired) electrons. The van der Waals surface area contributed by atoms with Crippen molar-refractivity contribution in [2.24, 2.45) is 0 Å². The van der Waals surface area contributed by atoms with Crippen LogP contribution >= 0.6 is 0 Å². The summed E-state index contributed by atoms with van der Waals surface area (Å²) in [7, 11) is 0. The van der Waals surface area contributed by atoms with Crippen molar-refractivity contribution in [2.75, 3.05) is 39.4 Å².